The lowest BCUT2D eigenvalue weighted by molar-refractivity contribution is 0.174. The van der Waals surface area contributed by atoms with Gasteiger partial charge in [0, 0.05) is 24.0 Å². The Morgan fingerprint density at radius 1 is 0.967 bits per heavy atom. The zero-order valence-electron chi connectivity index (χ0n) is 19.9. The van der Waals surface area contributed by atoms with Gasteiger partial charge >= 0.3 is 0 Å². The predicted molar refractivity (Wildman–Crippen MR) is 124 cm³/mol. The average molecular weight is 413 g/mol. The fraction of sp³-hybridized carbons (Fsp3) is 0.615. The molecule has 0 fully saturated rings. The summed E-state index contributed by atoms with van der Waals surface area (Å²) < 4.78 is 12.0. The van der Waals surface area contributed by atoms with Crippen LogP contribution in [0.2, 0.25) is 0 Å². The van der Waals surface area contributed by atoms with Gasteiger partial charge in [-0.15, -0.1) is 0 Å². The van der Waals surface area contributed by atoms with Crippen LogP contribution in [0.4, 0.5) is 0 Å². The number of hydrogen-bond donors (Lipinski definition) is 0. The molecule has 0 saturated heterocycles. The Bertz CT molecular complexity index is 750. The molecule has 0 N–H and O–H groups in total. The zero-order chi connectivity index (χ0) is 22.1. The highest BCUT2D eigenvalue weighted by atomic mass is 16.5. The maximum absolute atomic E-state index is 6.17. The van der Waals surface area contributed by atoms with Crippen molar-refractivity contribution in [3.8, 4) is 11.8 Å². The van der Waals surface area contributed by atoms with Crippen LogP contribution in [-0.4, -0.2) is 22.7 Å². The summed E-state index contributed by atoms with van der Waals surface area (Å²) in [5, 5.41) is 0. The molecule has 0 amide bonds. The van der Waals surface area contributed by atoms with E-state index in [4.69, 9.17) is 9.47 Å². The molecular formula is C26H40N2O2. The van der Waals surface area contributed by atoms with E-state index in [1.54, 1.807) is 0 Å². The lowest BCUT2D eigenvalue weighted by Gasteiger charge is -2.19. The van der Waals surface area contributed by atoms with Crippen LogP contribution in [0, 0.1) is 5.41 Å². The first-order valence-electron chi connectivity index (χ1n) is 11.4. The van der Waals surface area contributed by atoms with Crippen molar-refractivity contribution in [2.24, 2.45) is 5.41 Å². The highest BCUT2D eigenvalue weighted by molar-refractivity contribution is 5.21. The van der Waals surface area contributed by atoms with Gasteiger partial charge in [-0.05, 0) is 54.6 Å². The van der Waals surface area contributed by atoms with Crippen LogP contribution in [0.3, 0.4) is 0 Å². The van der Waals surface area contributed by atoms with Crippen molar-refractivity contribution in [3.63, 3.8) is 0 Å². The Labute approximate surface area is 183 Å². The quantitative estimate of drug-likeness (QED) is 0.393. The van der Waals surface area contributed by atoms with Gasteiger partial charge in [-0.3, -0.25) is 0 Å². The summed E-state index contributed by atoms with van der Waals surface area (Å²) in [7, 11) is 0. The molecule has 30 heavy (non-hydrogen) atoms. The van der Waals surface area contributed by atoms with Gasteiger partial charge in [0.1, 0.15) is 6.10 Å². The summed E-state index contributed by atoms with van der Waals surface area (Å²) in [6.07, 6.45) is 6.42. The van der Waals surface area contributed by atoms with E-state index in [1.165, 1.54) is 5.56 Å². The summed E-state index contributed by atoms with van der Waals surface area (Å²) in [4.78, 5) is 9.13. The Balaban J connectivity index is 1.80. The highest BCUT2D eigenvalue weighted by Crippen LogP contribution is 2.25. The van der Waals surface area contributed by atoms with Gasteiger partial charge in [0.05, 0.1) is 6.61 Å². The van der Waals surface area contributed by atoms with E-state index in [0.29, 0.717) is 24.3 Å². The third kappa shape index (κ3) is 8.33. The zero-order valence-corrected chi connectivity index (χ0v) is 19.9. The number of ether oxygens (including phenoxy) is 2. The van der Waals surface area contributed by atoms with Crippen LogP contribution in [0.1, 0.15) is 97.2 Å². The largest absolute Gasteiger partial charge is 0.477 e. The average Bonchev–Trinajstić information content (AvgIpc) is 2.71. The first-order chi connectivity index (χ1) is 14.2. The molecule has 0 aromatic carbocycles. The first-order valence-corrected chi connectivity index (χ1v) is 11.4. The molecule has 2 atom stereocenters. The molecular weight excluding hydrogens is 372 g/mol. The molecule has 0 aliphatic carbocycles. The number of nitrogens with zero attached hydrogens (tertiary/aromatic N) is 2. The van der Waals surface area contributed by atoms with Gasteiger partial charge in [-0.25, -0.2) is 9.97 Å². The summed E-state index contributed by atoms with van der Waals surface area (Å²) in [6, 6.07) is 10.2. The summed E-state index contributed by atoms with van der Waals surface area (Å²) in [5.74, 6) is 2.33. The van der Waals surface area contributed by atoms with Crippen LogP contribution >= 0.6 is 0 Å². The minimum atomic E-state index is 0.136. The molecule has 166 valence electrons. The monoisotopic (exact) mass is 412 g/mol. The second-order valence-corrected chi connectivity index (χ2v) is 9.81. The molecule has 4 nitrogen and oxygen atoms in total. The second kappa shape index (κ2) is 11.3. The van der Waals surface area contributed by atoms with Crippen molar-refractivity contribution < 1.29 is 9.47 Å². The molecule has 0 aliphatic heterocycles. The summed E-state index contributed by atoms with van der Waals surface area (Å²) in [5.41, 5.74) is 2.48. The van der Waals surface area contributed by atoms with Crippen LogP contribution in [0.15, 0.2) is 36.5 Å². The van der Waals surface area contributed by atoms with E-state index in [0.717, 1.165) is 37.3 Å². The molecule has 2 heterocycles. The third-order valence-electron chi connectivity index (χ3n) is 5.22. The minimum Gasteiger partial charge on any atom is -0.477 e. The smallest absolute Gasteiger partial charge is 0.213 e. The molecule has 2 aromatic rings. The van der Waals surface area contributed by atoms with Crippen molar-refractivity contribution in [1.82, 2.24) is 9.97 Å². The molecule has 0 spiro atoms. The van der Waals surface area contributed by atoms with E-state index in [-0.39, 0.29) is 11.5 Å². The standard InChI is InChI=1S/C26H40N2O2/c1-8-22(30-25-14-10-13-23(28-25)19(2)3)12-9-11-20(4)21-15-16-24(27-17-21)29-18-26(5,6)7/h10,13-17,19-20,22H,8-9,11-12,18H2,1-7H3. The molecule has 0 radical (unpaired) electrons. The van der Waals surface area contributed by atoms with E-state index >= 15 is 0 Å². The maximum atomic E-state index is 6.17. The molecule has 0 saturated carbocycles. The first kappa shape index (κ1) is 24.2. The Morgan fingerprint density at radius 3 is 2.33 bits per heavy atom. The molecule has 2 aromatic heterocycles. The molecule has 2 unspecified atom stereocenters. The van der Waals surface area contributed by atoms with Gasteiger partial charge in [-0.2, -0.15) is 0 Å². The maximum Gasteiger partial charge on any atom is 0.213 e. The number of rotatable bonds is 11. The molecule has 4 heteroatoms. The SMILES string of the molecule is CCC(CCCC(C)c1ccc(OCC(C)(C)C)nc1)Oc1cccc(C(C)C)n1. The summed E-state index contributed by atoms with van der Waals surface area (Å²) in [6.45, 7) is 15.9. The molecule has 0 bridgehead atoms. The van der Waals surface area contributed by atoms with Crippen LogP contribution in [-0.2, 0) is 0 Å². The number of aromatic nitrogens is 2. The van der Waals surface area contributed by atoms with E-state index in [1.807, 2.05) is 24.4 Å². The van der Waals surface area contributed by atoms with E-state index in [9.17, 15) is 0 Å². The lowest BCUT2D eigenvalue weighted by Crippen LogP contribution is -2.17. The van der Waals surface area contributed by atoms with Gasteiger partial charge in [0.15, 0.2) is 0 Å². The van der Waals surface area contributed by atoms with Crippen molar-refractivity contribution >= 4 is 0 Å². The lowest BCUT2D eigenvalue weighted by atomic mass is 9.95. The van der Waals surface area contributed by atoms with Crippen molar-refractivity contribution in [2.45, 2.75) is 92.1 Å². The molecule has 2 rings (SSSR count). The van der Waals surface area contributed by atoms with Crippen LogP contribution < -0.4 is 9.47 Å². The fourth-order valence-corrected chi connectivity index (χ4v) is 3.21. The Morgan fingerprint density at radius 2 is 1.73 bits per heavy atom. The summed E-state index contributed by atoms with van der Waals surface area (Å²) >= 11 is 0. The fourth-order valence-electron chi connectivity index (χ4n) is 3.21. The Kier molecular flexibility index (Phi) is 9.13. The minimum absolute atomic E-state index is 0.136. The normalized spacial score (nSPS) is 13.9. The van der Waals surface area contributed by atoms with Crippen LogP contribution in [0.25, 0.3) is 0 Å². The highest BCUT2D eigenvalue weighted by Gasteiger charge is 2.14. The number of pyridine rings is 2. The van der Waals surface area contributed by atoms with Crippen LogP contribution in [0.5, 0.6) is 11.8 Å². The van der Waals surface area contributed by atoms with Crippen molar-refractivity contribution in [1.29, 1.82) is 0 Å². The predicted octanol–water partition coefficient (Wildman–Crippen LogP) is 7.16. The van der Waals surface area contributed by atoms with Gasteiger partial charge < -0.3 is 9.47 Å². The third-order valence-corrected chi connectivity index (χ3v) is 5.22. The topological polar surface area (TPSA) is 44.2 Å². The Hall–Kier alpha value is -2.10. The molecule has 0 aliphatic rings. The number of hydrogen-bond acceptors (Lipinski definition) is 4. The van der Waals surface area contributed by atoms with E-state index < -0.39 is 0 Å². The van der Waals surface area contributed by atoms with E-state index in [2.05, 4.69) is 70.6 Å². The van der Waals surface area contributed by atoms with Gasteiger partial charge in [0.2, 0.25) is 11.8 Å². The van der Waals surface area contributed by atoms with Gasteiger partial charge in [-0.1, -0.05) is 60.6 Å². The van der Waals surface area contributed by atoms with Crippen molar-refractivity contribution in [3.05, 3.63) is 47.8 Å². The van der Waals surface area contributed by atoms with Crippen molar-refractivity contribution in [2.75, 3.05) is 6.61 Å². The van der Waals surface area contributed by atoms with Gasteiger partial charge in [0.25, 0.3) is 0 Å². The second-order valence-electron chi connectivity index (χ2n) is 9.81.